The third-order valence-electron chi connectivity index (χ3n) is 3.50. The summed E-state index contributed by atoms with van der Waals surface area (Å²) in [5, 5.41) is 9.19. The number of nitrogens with zero attached hydrogens (tertiary/aromatic N) is 1. The Morgan fingerprint density at radius 1 is 1.13 bits per heavy atom. The molecule has 15 heavy (non-hydrogen) atoms. The Hall–Kier alpha value is -0.900. The van der Waals surface area contributed by atoms with Crippen LogP contribution in [0.25, 0.3) is 0 Å². The molecule has 1 saturated carbocycles. The standard InChI is InChI=1S/C11H17NO3/c13-7-8-3-1-4-9(8)12-10(14)5-2-6-11(12)15/h8-9,13H,1-7H2. The molecule has 0 bridgehead atoms. The zero-order valence-electron chi connectivity index (χ0n) is 8.82. The Bertz CT molecular complexity index is 261. The van der Waals surface area contributed by atoms with Crippen molar-refractivity contribution in [2.75, 3.05) is 6.61 Å². The molecule has 0 spiro atoms. The van der Waals surface area contributed by atoms with Gasteiger partial charge in [-0.05, 0) is 19.3 Å². The molecule has 1 heterocycles. The molecule has 1 aliphatic heterocycles. The van der Waals surface area contributed by atoms with Gasteiger partial charge in [-0.1, -0.05) is 6.42 Å². The number of hydrogen-bond acceptors (Lipinski definition) is 3. The van der Waals surface area contributed by atoms with Crippen LogP contribution in [-0.4, -0.2) is 34.5 Å². The highest BCUT2D eigenvalue weighted by molar-refractivity contribution is 5.97. The van der Waals surface area contributed by atoms with Gasteiger partial charge in [-0.15, -0.1) is 0 Å². The van der Waals surface area contributed by atoms with Crippen LogP contribution in [0.5, 0.6) is 0 Å². The minimum atomic E-state index is -0.0448. The molecule has 2 fully saturated rings. The number of aliphatic hydroxyl groups is 1. The van der Waals surface area contributed by atoms with Crippen molar-refractivity contribution in [3.05, 3.63) is 0 Å². The second-order valence-electron chi connectivity index (χ2n) is 4.45. The van der Waals surface area contributed by atoms with E-state index >= 15 is 0 Å². The number of carbonyl (C=O) groups excluding carboxylic acids is 2. The van der Waals surface area contributed by atoms with Crippen LogP contribution >= 0.6 is 0 Å². The number of rotatable bonds is 2. The van der Waals surface area contributed by atoms with Crippen LogP contribution in [-0.2, 0) is 9.59 Å². The summed E-state index contributed by atoms with van der Waals surface area (Å²) in [7, 11) is 0. The summed E-state index contributed by atoms with van der Waals surface area (Å²) in [6, 6.07) is -0.0321. The number of piperidine rings is 1. The molecule has 2 unspecified atom stereocenters. The first kappa shape index (κ1) is 10.6. The molecular weight excluding hydrogens is 194 g/mol. The largest absolute Gasteiger partial charge is 0.396 e. The van der Waals surface area contributed by atoms with Crippen molar-refractivity contribution < 1.29 is 14.7 Å². The average molecular weight is 211 g/mol. The van der Waals surface area contributed by atoms with Gasteiger partial charge < -0.3 is 5.11 Å². The molecule has 2 atom stereocenters. The van der Waals surface area contributed by atoms with E-state index in [0.717, 1.165) is 19.3 Å². The average Bonchev–Trinajstić information content (AvgIpc) is 2.65. The zero-order valence-corrected chi connectivity index (χ0v) is 8.82. The Morgan fingerprint density at radius 2 is 1.80 bits per heavy atom. The molecule has 0 aromatic rings. The van der Waals surface area contributed by atoms with Crippen LogP contribution in [0.4, 0.5) is 0 Å². The normalized spacial score (nSPS) is 32.5. The fourth-order valence-electron chi connectivity index (χ4n) is 2.71. The first-order chi connectivity index (χ1) is 7.24. The van der Waals surface area contributed by atoms with E-state index in [4.69, 9.17) is 0 Å². The van der Waals surface area contributed by atoms with Crippen molar-refractivity contribution in [2.45, 2.75) is 44.6 Å². The fraction of sp³-hybridized carbons (Fsp3) is 0.818. The van der Waals surface area contributed by atoms with E-state index in [1.807, 2.05) is 0 Å². The molecule has 2 rings (SSSR count). The molecule has 4 nitrogen and oxygen atoms in total. The number of likely N-dealkylation sites (tertiary alicyclic amines) is 1. The third kappa shape index (κ3) is 1.91. The van der Waals surface area contributed by atoms with Gasteiger partial charge in [-0.2, -0.15) is 0 Å². The van der Waals surface area contributed by atoms with Crippen LogP contribution < -0.4 is 0 Å². The van der Waals surface area contributed by atoms with Gasteiger partial charge in [0.25, 0.3) is 0 Å². The number of amides is 2. The van der Waals surface area contributed by atoms with E-state index in [2.05, 4.69) is 0 Å². The lowest BCUT2D eigenvalue weighted by atomic mass is 9.99. The lowest BCUT2D eigenvalue weighted by Crippen LogP contribution is -2.49. The predicted octanol–water partition coefficient (Wildman–Crippen LogP) is 0.686. The topological polar surface area (TPSA) is 57.6 Å². The SMILES string of the molecule is O=C1CCCC(=O)N1C1CCCC1CO. The van der Waals surface area contributed by atoms with Gasteiger partial charge in [0.15, 0.2) is 0 Å². The lowest BCUT2D eigenvalue weighted by molar-refractivity contribution is -0.152. The van der Waals surface area contributed by atoms with E-state index in [1.165, 1.54) is 4.90 Å². The van der Waals surface area contributed by atoms with Crippen LogP contribution in [0, 0.1) is 5.92 Å². The van der Waals surface area contributed by atoms with E-state index in [1.54, 1.807) is 0 Å². The summed E-state index contributed by atoms with van der Waals surface area (Å²) in [5.74, 6) is 0.0178. The highest BCUT2D eigenvalue weighted by Crippen LogP contribution is 2.32. The van der Waals surface area contributed by atoms with Crippen molar-refractivity contribution in [1.82, 2.24) is 4.90 Å². The van der Waals surface area contributed by atoms with Gasteiger partial charge in [0.05, 0.1) is 0 Å². The monoisotopic (exact) mass is 211 g/mol. The Kier molecular flexibility index (Phi) is 3.05. The molecule has 2 aliphatic rings. The van der Waals surface area contributed by atoms with Crippen LogP contribution in [0.2, 0.25) is 0 Å². The molecule has 1 saturated heterocycles. The number of imide groups is 1. The molecule has 1 aliphatic carbocycles. The Morgan fingerprint density at radius 3 is 2.40 bits per heavy atom. The van der Waals surface area contributed by atoms with Gasteiger partial charge >= 0.3 is 0 Å². The maximum atomic E-state index is 11.7. The third-order valence-corrected chi connectivity index (χ3v) is 3.50. The van der Waals surface area contributed by atoms with Gasteiger partial charge in [-0.3, -0.25) is 14.5 Å². The molecule has 1 N–H and O–H groups in total. The minimum absolute atomic E-state index is 0.0321. The highest BCUT2D eigenvalue weighted by Gasteiger charge is 2.38. The maximum absolute atomic E-state index is 11.7. The summed E-state index contributed by atoms with van der Waals surface area (Å²) in [6.45, 7) is 0.0850. The number of aliphatic hydroxyl groups excluding tert-OH is 1. The predicted molar refractivity (Wildman–Crippen MR) is 53.9 cm³/mol. The first-order valence-electron chi connectivity index (χ1n) is 5.70. The minimum Gasteiger partial charge on any atom is -0.396 e. The molecule has 4 heteroatoms. The van der Waals surface area contributed by atoms with Gasteiger partial charge in [0.1, 0.15) is 0 Å². The van der Waals surface area contributed by atoms with Crippen molar-refractivity contribution in [3.63, 3.8) is 0 Å². The van der Waals surface area contributed by atoms with Gasteiger partial charge in [-0.25, -0.2) is 0 Å². The molecule has 2 amide bonds. The smallest absolute Gasteiger partial charge is 0.229 e. The number of hydrogen-bond donors (Lipinski definition) is 1. The van der Waals surface area contributed by atoms with Crippen molar-refractivity contribution in [1.29, 1.82) is 0 Å². The summed E-state index contributed by atoms with van der Waals surface area (Å²) >= 11 is 0. The fourth-order valence-corrected chi connectivity index (χ4v) is 2.71. The van der Waals surface area contributed by atoms with E-state index in [-0.39, 0.29) is 30.4 Å². The number of carbonyl (C=O) groups is 2. The molecule has 0 aromatic carbocycles. The summed E-state index contributed by atoms with van der Waals surface area (Å²) in [4.78, 5) is 24.8. The van der Waals surface area contributed by atoms with Crippen LogP contribution in [0.15, 0.2) is 0 Å². The Balaban J connectivity index is 2.13. The van der Waals surface area contributed by atoms with E-state index in [0.29, 0.717) is 19.3 Å². The first-order valence-corrected chi connectivity index (χ1v) is 5.70. The second kappa shape index (κ2) is 4.31. The quantitative estimate of drug-likeness (QED) is 0.683. The Labute approximate surface area is 89.3 Å². The summed E-state index contributed by atoms with van der Waals surface area (Å²) < 4.78 is 0. The summed E-state index contributed by atoms with van der Waals surface area (Å²) in [5.41, 5.74) is 0. The molecule has 0 radical (unpaired) electrons. The van der Waals surface area contributed by atoms with Crippen LogP contribution in [0.3, 0.4) is 0 Å². The molecule has 84 valence electrons. The van der Waals surface area contributed by atoms with Gasteiger partial charge in [0, 0.05) is 31.4 Å². The maximum Gasteiger partial charge on any atom is 0.229 e. The highest BCUT2D eigenvalue weighted by atomic mass is 16.3. The molecule has 0 aromatic heterocycles. The van der Waals surface area contributed by atoms with E-state index < -0.39 is 0 Å². The molecular formula is C11H17NO3. The summed E-state index contributed by atoms with van der Waals surface area (Å²) in [6.07, 6.45) is 4.46. The lowest BCUT2D eigenvalue weighted by Gasteiger charge is -2.33. The van der Waals surface area contributed by atoms with Gasteiger partial charge in [0.2, 0.25) is 11.8 Å². The van der Waals surface area contributed by atoms with Crippen LogP contribution in [0.1, 0.15) is 38.5 Å². The van der Waals surface area contributed by atoms with Crippen molar-refractivity contribution in [3.8, 4) is 0 Å². The van der Waals surface area contributed by atoms with Crippen molar-refractivity contribution >= 4 is 11.8 Å². The zero-order chi connectivity index (χ0) is 10.8. The second-order valence-corrected chi connectivity index (χ2v) is 4.45. The van der Waals surface area contributed by atoms with Crippen molar-refractivity contribution in [2.24, 2.45) is 5.92 Å². The van der Waals surface area contributed by atoms with E-state index in [9.17, 15) is 14.7 Å².